The molecule has 1 aromatic carbocycles. The second-order valence-electron chi connectivity index (χ2n) is 3.47. The Morgan fingerprint density at radius 2 is 1.88 bits per heavy atom. The minimum Gasteiger partial charge on any atom is -0.481 e. The Kier molecular flexibility index (Phi) is 3.64. The Hall–Kier alpha value is -1.43. The molecule has 0 amide bonds. The standard InChI is InChI=1S/C10H11FO4S/c1-7(10(12)13)6-16(14,15)9-4-2-8(11)3-5-9/h2-5,7H,6H2,1H3,(H,12,13)/t7-/m1/s1. The van der Waals surface area contributed by atoms with Crippen LogP contribution in [0, 0.1) is 11.7 Å². The molecule has 0 saturated carbocycles. The van der Waals surface area contributed by atoms with Crippen molar-refractivity contribution in [3.05, 3.63) is 30.1 Å². The summed E-state index contributed by atoms with van der Waals surface area (Å²) < 4.78 is 35.9. The van der Waals surface area contributed by atoms with Crippen LogP contribution in [0.2, 0.25) is 0 Å². The molecule has 0 aliphatic rings. The number of hydrogen-bond acceptors (Lipinski definition) is 3. The molecule has 1 N–H and O–H groups in total. The maximum absolute atomic E-state index is 12.6. The normalized spacial score (nSPS) is 13.4. The van der Waals surface area contributed by atoms with Crippen LogP contribution in [-0.2, 0) is 14.6 Å². The van der Waals surface area contributed by atoms with Crippen LogP contribution in [-0.4, -0.2) is 25.2 Å². The van der Waals surface area contributed by atoms with E-state index >= 15 is 0 Å². The fourth-order valence-electron chi connectivity index (χ4n) is 1.14. The van der Waals surface area contributed by atoms with Gasteiger partial charge in [0.15, 0.2) is 9.84 Å². The number of halogens is 1. The summed E-state index contributed by atoms with van der Waals surface area (Å²) in [5.41, 5.74) is 0. The van der Waals surface area contributed by atoms with Crippen molar-refractivity contribution >= 4 is 15.8 Å². The maximum Gasteiger partial charge on any atom is 0.307 e. The number of aliphatic carboxylic acids is 1. The van der Waals surface area contributed by atoms with E-state index in [1.54, 1.807) is 0 Å². The zero-order valence-corrected chi connectivity index (χ0v) is 9.37. The summed E-state index contributed by atoms with van der Waals surface area (Å²) in [5.74, 6) is -3.19. The monoisotopic (exact) mass is 246 g/mol. The summed E-state index contributed by atoms with van der Waals surface area (Å²) in [5, 5.41) is 8.61. The molecule has 0 bridgehead atoms. The lowest BCUT2D eigenvalue weighted by molar-refractivity contribution is -0.140. The minimum absolute atomic E-state index is 0.0676. The summed E-state index contributed by atoms with van der Waals surface area (Å²) in [7, 11) is -3.67. The molecule has 0 aliphatic heterocycles. The Morgan fingerprint density at radius 1 is 1.38 bits per heavy atom. The Morgan fingerprint density at radius 3 is 2.31 bits per heavy atom. The zero-order valence-electron chi connectivity index (χ0n) is 8.55. The summed E-state index contributed by atoms with van der Waals surface area (Å²) in [6.07, 6.45) is 0. The molecule has 0 aliphatic carbocycles. The van der Waals surface area contributed by atoms with Crippen molar-refractivity contribution in [2.75, 3.05) is 5.75 Å². The summed E-state index contributed by atoms with van der Waals surface area (Å²) in [6, 6.07) is 4.30. The van der Waals surface area contributed by atoms with Crippen LogP contribution < -0.4 is 0 Å². The third-order valence-corrected chi connectivity index (χ3v) is 3.99. The van der Waals surface area contributed by atoms with Gasteiger partial charge in [0.25, 0.3) is 0 Å². The Balaban J connectivity index is 2.94. The lowest BCUT2D eigenvalue weighted by atomic mass is 10.2. The van der Waals surface area contributed by atoms with Gasteiger partial charge < -0.3 is 5.11 Å². The van der Waals surface area contributed by atoms with Gasteiger partial charge in [0.2, 0.25) is 0 Å². The van der Waals surface area contributed by atoms with Crippen molar-refractivity contribution in [3.63, 3.8) is 0 Å². The molecule has 1 atom stereocenters. The number of rotatable bonds is 4. The van der Waals surface area contributed by atoms with Gasteiger partial charge in [-0.05, 0) is 24.3 Å². The van der Waals surface area contributed by atoms with Gasteiger partial charge in [0.05, 0.1) is 16.6 Å². The molecule has 1 rings (SSSR count). The van der Waals surface area contributed by atoms with Gasteiger partial charge in [-0.2, -0.15) is 0 Å². The van der Waals surface area contributed by atoms with E-state index in [-0.39, 0.29) is 4.90 Å². The van der Waals surface area contributed by atoms with Gasteiger partial charge in [0, 0.05) is 0 Å². The molecule has 6 heteroatoms. The van der Waals surface area contributed by atoms with Gasteiger partial charge in [-0.1, -0.05) is 6.92 Å². The topological polar surface area (TPSA) is 71.4 Å². The highest BCUT2D eigenvalue weighted by Crippen LogP contribution is 2.14. The van der Waals surface area contributed by atoms with Crippen LogP contribution in [0.4, 0.5) is 4.39 Å². The molecular formula is C10H11FO4S. The van der Waals surface area contributed by atoms with E-state index in [0.717, 1.165) is 24.3 Å². The van der Waals surface area contributed by atoms with E-state index in [9.17, 15) is 17.6 Å². The Labute approximate surface area is 92.6 Å². The molecule has 0 fully saturated rings. The van der Waals surface area contributed by atoms with Crippen LogP contribution >= 0.6 is 0 Å². The molecule has 16 heavy (non-hydrogen) atoms. The smallest absolute Gasteiger partial charge is 0.307 e. The van der Waals surface area contributed by atoms with Crippen molar-refractivity contribution < 1.29 is 22.7 Å². The van der Waals surface area contributed by atoms with Crippen LogP contribution in [0.5, 0.6) is 0 Å². The Bertz CT molecular complexity index is 478. The van der Waals surface area contributed by atoms with Gasteiger partial charge in [-0.3, -0.25) is 4.79 Å². The average molecular weight is 246 g/mol. The molecule has 88 valence electrons. The fourth-order valence-corrected chi connectivity index (χ4v) is 2.68. The molecule has 0 unspecified atom stereocenters. The van der Waals surface area contributed by atoms with E-state index in [0.29, 0.717) is 0 Å². The first-order valence-electron chi connectivity index (χ1n) is 4.54. The number of carboxylic acid groups (broad SMARTS) is 1. The van der Waals surface area contributed by atoms with Gasteiger partial charge in [-0.15, -0.1) is 0 Å². The fraction of sp³-hybridized carbons (Fsp3) is 0.300. The van der Waals surface area contributed by atoms with E-state index in [1.807, 2.05) is 0 Å². The molecule has 4 nitrogen and oxygen atoms in total. The van der Waals surface area contributed by atoms with Crippen molar-refractivity contribution in [3.8, 4) is 0 Å². The van der Waals surface area contributed by atoms with Gasteiger partial charge >= 0.3 is 5.97 Å². The number of carbonyl (C=O) groups is 1. The molecule has 0 spiro atoms. The lowest BCUT2D eigenvalue weighted by Crippen LogP contribution is -2.21. The lowest BCUT2D eigenvalue weighted by Gasteiger charge is -2.07. The first kappa shape index (κ1) is 12.6. The van der Waals surface area contributed by atoms with E-state index in [4.69, 9.17) is 5.11 Å². The van der Waals surface area contributed by atoms with E-state index in [2.05, 4.69) is 0 Å². The first-order valence-corrected chi connectivity index (χ1v) is 6.19. The van der Waals surface area contributed by atoms with Crippen molar-refractivity contribution in [2.24, 2.45) is 5.92 Å². The number of benzene rings is 1. The van der Waals surface area contributed by atoms with Crippen LogP contribution in [0.3, 0.4) is 0 Å². The summed E-state index contributed by atoms with van der Waals surface area (Å²) in [4.78, 5) is 10.5. The number of hydrogen-bond donors (Lipinski definition) is 1. The molecule has 0 radical (unpaired) electrons. The third kappa shape index (κ3) is 3.03. The average Bonchev–Trinajstić information content (AvgIpc) is 2.17. The van der Waals surface area contributed by atoms with Crippen molar-refractivity contribution in [1.29, 1.82) is 0 Å². The van der Waals surface area contributed by atoms with Gasteiger partial charge in [0.1, 0.15) is 5.82 Å². The highest BCUT2D eigenvalue weighted by molar-refractivity contribution is 7.91. The van der Waals surface area contributed by atoms with Crippen molar-refractivity contribution in [2.45, 2.75) is 11.8 Å². The maximum atomic E-state index is 12.6. The zero-order chi connectivity index (χ0) is 12.3. The van der Waals surface area contributed by atoms with E-state index < -0.39 is 33.3 Å². The highest BCUT2D eigenvalue weighted by Gasteiger charge is 2.22. The minimum atomic E-state index is -3.67. The molecule has 0 heterocycles. The quantitative estimate of drug-likeness (QED) is 0.813. The molecule has 0 saturated heterocycles. The van der Waals surface area contributed by atoms with E-state index in [1.165, 1.54) is 6.92 Å². The van der Waals surface area contributed by atoms with Gasteiger partial charge in [-0.25, -0.2) is 12.8 Å². The second kappa shape index (κ2) is 4.61. The highest BCUT2D eigenvalue weighted by atomic mass is 32.2. The summed E-state index contributed by atoms with van der Waals surface area (Å²) in [6.45, 7) is 1.31. The molecule has 0 aromatic heterocycles. The first-order chi connectivity index (χ1) is 7.33. The predicted octanol–water partition coefficient (Wildman–Crippen LogP) is 1.32. The predicted molar refractivity (Wildman–Crippen MR) is 55.3 cm³/mol. The van der Waals surface area contributed by atoms with Crippen LogP contribution in [0.15, 0.2) is 29.2 Å². The molecular weight excluding hydrogens is 235 g/mol. The number of sulfone groups is 1. The summed E-state index contributed by atoms with van der Waals surface area (Å²) >= 11 is 0. The molecule has 1 aromatic rings. The third-order valence-electron chi connectivity index (χ3n) is 2.06. The largest absolute Gasteiger partial charge is 0.481 e. The van der Waals surface area contributed by atoms with Crippen molar-refractivity contribution in [1.82, 2.24) is 0 Å². The van der Waals surface area contributed by atoms with Crippen LogP contribution in [0.25, 0.3) is 0 Å². The number of carboxylic acids is 1. The van der Waals surface area contributed by atoms with Crippen LogP contribution in [0.1, 0.15) is 6.92 Å². The second-order valence-corrected chi connectivity index (χ2v) is 5.51. The SMILES string of the molecule is C[C@H](CS(=O)(=O)c1ccc(F)cc1)C(=O)O.